The molecule has 3 heteroatoms. The molecule has 0 aromatic rings. The third kappa shape index (κ3) is 6.11. The second-order valence-corrected chi connectivity index (χ2v) is 3.43. The van der Waals surface area contributed by atoms with Crippen LogP contribution in [0.4, 0.5) is 0 Å². The predicted molar refractivity (Wildman–Crippen MR) is 56.2 cm³/mol. The highest BCUT2D eigenvalue weighted by Gasteiger charge is 2.15. The Morgan fingerprint density at radius 1 is 1.07 bits per heavy atom. The smallest absolute Gasteiger partial charge is 0.217 e. The van der Waals surface area contributed by atoms with E-state index in [0.717, 1.165) is 12.8 Å². The molecule has 0 radical (unpaired) electrons. The van der Waals surface area contributed by atoms with Crippen molar-refractivity contribution in [2.45, 2.75) is 51.7 Å². The van der Waals surface area contributed by atoms with Gasteiger partial charge in [-0.15, -0.1) is 0 Å². The molecular weight excluding hydrogens is 180 g/mol. The lowest BCUT2D eigenvalue weighted by Gasteiger charge is -2.11. The maximum Gasteiger partial charge on any atom is 0.217 e. The quantitative estimate of drug-likeness (QED) is 0.426. The summed E-state index contributed by atoms with van der Waals surface area (Å²) in [4.78, 5) is 11.4. The van der Waals surface area contributed by atoms with E-state index < -0.39 is 6.29 Å². The van der Waals surface area contributed by atoms with Crippen LogP contribution in [0.5, 0.6) is 0 Å². The Bertz CT molecular complexity index is 141. The molecule has 0 amide bonds. The van der Waals surface area contributed by atoms with Gasteiger partial charge in [-0.1, -0.05) is 32.6 Å². The van der Waals surface area contributed by atoms with Crippen LogP contribution in [0.15, 0.2) is 0 Å². The number of Topliss-reactive ketones (excluding diaryl/α,β-unsaturated/α-hetero) is 1. The van der Waals surface area contributed by atoms with Gasteiger partial charge in [0.2, 0.25) is 6.29 Å². The van der Waals surface area contributed by atoms with Gasteiger partial charge >= 0.3 is 0 Å². The van der Waals surface area contributed by atoms with Crippen LogP contribution in [0, 0.1) is 0 Å². The summed E-state index contributed by atoms with van der Waals surface area (Å²) in [5.74, 6) is 0.0477. The minimum absolute atomic E-state index is 0.0477. The van der Waals surface area contributed by atoms with E-state index in [1.807, 2.05) is 0 Å². The van der Waals surface area contributed by atoms with Crippen molar-refractivity contribution in [2.24, 2.45) is 0 Å². The van der Waals surface area contributed by atoms with Gasteiger partial charge in [0.25, 0.3) is 0 Å². The van der Waals surface area contributed by atoms with Crippen molar-refractivity contribution in [2.75, 3.05) is 14.2 Å². The third-order valence-corrected chi connectivity index (χ3v) is 2.22. The Morgan fingerprint density at radius 3 is 2.14 bits per heavy atom. The van der Waals surface area contributed by atoms with Crippen LogP contribution < -0.4 is 0 Å². The van der Waals surface area contributed by atoms with Gasteiger partial charge in [-0.05, 0) is 6.42 Å². The second-order valence-electron chi connectivity index (χ2n) is 3.43. The van der Waals surface area contributed by atoms with Crippen molar-refractivity contribution in [3.63, 3.8) is 0 Å². The van der Waals surface area contributed by atoms with Gasteiger partial charge in [0.1, 0.15) is 0 Å². The molecule has 0 aromatic carbocycles. The average molecular weight is 202 g/mol. The molecule has 0 saturated carbocycles. The Morgan fingerprint density at radius 2 is 1.64 bits per heavy atom. The second kappa shape index (κ2) is 9.16. The van der Waals surface area contributed by atoms with Gasteiger partial charge in [-0.25, -0.2) is 0 Å². The van der Waals surface area contributed by atoms with E-state index in [0.29, 0.717) is 6.42 Å². The molecule has 3 nitrogen and oxygen atoms in total. The minimum atomic E-state index is -0.666. The Balaban J connectivity index is 3.43. The van der Waals surface area contributed by atoms with E-state index in [1.54, 1.807) is 0 Å². The summed E-state index contributed by atoms with van der Waals surface area (Å²) < 4.78 is 9.74. The van der Waals surface area contributed by atoms with Gasteiger partial charge in [-0.3, -0.25) is 4.79 Å². The number of ketones is 1. The Hall–Kier alpha value is -0.410. The summed E-state index contributed by atoms with van der Waals surface area (Å²) in [5, 5.41) is 0. The van der Waals surface area contributed by atoms with Crippen molar-refractivity contribution in [3.8, 4) is 0 Å². The summed E-state index contributed by atoms with van der Waals surface area (Å²) in [7, 11) is 2.98. The molecule has 0 spiro atoms. The monoisotopic (exact) mass is 202 g/mol. The van der Waals surface area contributed by atoms with Crippen molar-refractivity contribution in [3.05, 3.63) is 0 Å². The molecule has 0 aliphatic carbocycles. The van der Waals surface area contributed by atoms with E-state index in [-0.39, 0.29) is 5.78 Å². The molecule has 0 fully saturated rings. The molecule has 0 bridgehead atoms. The zero-order chi connectivity index (χ0) is 10.8. The van der Waals surface area contributed by atoms with E-state index in [9.17, 15) is 4.79 Å². The van der Waals surface area contributed by atoms with Crippen LogP contribution in [0.25, 0.3) is 0 Å². The molecule has 0 N–H and O–H groups in total. The number of unbranched alkanes of at least 4 members (excludes halogenated alkanes) is 4. The summed E-state index contributed by atoms with van der Waals surface area (Å²) in [6.07, 6.45) is 5.67. The van der Waals surface area contributed by atoms with Crippen LogP contribution in [0.2, 0.25) is 0 Å². The van der Waals surface area contributed by atoms with Crippen molar-refractivity contribution >= 4 is 5.78 Å². The number of carbonyl (C=O) groups excluding carboxylic acids is 1. The lowest BCUT2D eigenvalue weighted by molar-refractivity contribution is -0.156. The molecule has 0 atom stereocenters. The molecule has 0 aliphatic rings. The molecule has 0 saturated heterocycles. The minimum Gasteiger partial charge on any atom is -0.349 e. The number of rotatable bonds is 9. The number of methoxy groups -OCH3 is 2. The SMILES string of the molecule is CCCCCCCC(=O)C(OC)OC. The first-order chi connectivity index (χ1) is 6.76. The molecular formula is C11H22O3. The molecule has 14 heavy (non-hydrogen) atoms. The number of ether oxygens (including phenoxy) is 2. The summed E-state index contributed by atoms with van der Waals surface area (Å²) >= 11 is 0. The Kier molecular flexibility index (Phi) is 8.89. The van der Waals surface area contributed by atoms with Crippen LogP contribution in [-0.4, -0.2) is 26.3 Å². The highest BCUT2D eigenvalue weighted by Crippen LogP contribution is 2.07. The molecule has 0 rings (SSSR count). The van der Waals surface area contributed by atoms with E-state index in [4.69, 9.17) is 9.47 Å². The van der Waals surface area contributed by atoms with Gasteiger partial charge in [0, 0.05) is 20.6 Å². The van der Waals surface area contributed by atoms with Gasteiger partial charge < -0.3 is 9.47 Å². The van der Waals surface area contributed by atoms with Crippen LogP contribution in [-0.2, 0) is 14.3 Å². The van der Waals surface area contributed by atoms with Gasteiger partial charge in [-0.2, -0.15) is 0 Å². The van der Waals surface area contributed by atoms with Crippen LogP contribution in [0.3, 0.4) is 0 Å². The standard InChI is InChI=1S/C11H22O3/c1-4-5-6-7-8-9-10(12)11(13-2)14-3/h11H,4-9H2,1-3H3. The fraction of sp³-hybridized carbons (Fsp3) is 0.909. The van der Waals surface area contributed by atoms with E-state index in [1.165, 1.54) is 33.5 Å². The zero-order valence-corrected chi connectivity index (χ0v) is 9.54. The first-order valence-electron chi connectivity index (χ1n) is 5.34. The maximum atomic E-state index is 11.4. The largest absolute Gasteiger partial charge is 0.349 e. The topological polar surface area (TPSA) is 35.5 Å². The predicted octanol–water partition coefficient (Wildman–Crippen LogP) is 2.53. The zero-order valence-electron chi connectivity index (χ0n) is 9.54. The molecule has 0 aromatic heterocycles. The lowest BCUT2D eigenvalue weighted by Crippen LogP contribution is -2.24. The number of hydrogen-bond acceptors (Lipinski definition) is 3. The summed E-state index contributed by atoms with van der Waals surface area (Å²) in [5.41, 5.74) is 0. The molecule has 0 aliphatic heterocycles. The first-order valence-corrected chi connectivity index (χ1v) is 5.34. The fourth-order valence-electron chi connectivity index (χ4n) is 1.38. The molecule has 0 unspecified atom stereocenters. The van der Waals surface area contributed by atoms with Gasteiger partial charge in [0.15, 0.2) is 5.78 Å². The molecule has 84 valence electrons. The number of hydrogen-bond donors (Lipinski definition) is 0. The van der Waals surface area contributed by atoms with Gasteiger partial charge in [0.05, 0.1) is 0 Å². The maximum absolute atomic E-state index is 11.4. The van der Waals surface area contributed by atoms with E-state index >= 15 is 0 Å². The highest BCUT2D eigenvalue weighted by molar-refractivity contribution is 5.81. The van der Waals surface area contributed by atoms with Crippen molar-refractivity contribution in [1.82, 2.24) is 0 Å². The molecule has 0 heterocycles. The lowest BCUT2D eigenvalue weighted by atomic mass is 10.1. The first kappa shape index (κ1) is 13.6. The van der Waals surface area contributed by atoms with E-state index in [2.05, 4.69) is 6.92 Å². The average Bonchev–Trinajstić information content (AvgIpc) is 2.19. The summed E-state index contributed by atoms with van der Waals surface area (Å²) in [6, 6.07) is 0. The van der Waals surface area contributed by atoms with Crippen LogP contribution in [0.1, 0.15) is 45.4 Å². The normalized spacial score (nSPS) is 10.9. The fourth-order valence-corrected chi connectivity index (χ4v) is 1.38. The highest BCUT2D eigenvalue weighted by atomic mass is 16.7. The number of carbonyl (C=O) groups is 1. The van der Waals surface area contributed by atoms with Crippen molar-refractivity contribution < 1.29 is 14.3 Å². The summed E-state index contributed by atoms with van der Waals surface area (Å²) in [6.45, 7) is 2.18. The van der Waals surface area contributed by atoms with Crippen molar-refractivity contribution in [1.29, 1.82) is 0 Å². The van der Waals surface area contributed by atoms with Crippen LogP contribution >= 0.6 is 0 Å². The third-order valence-electron chi connectivity index (χ3n) is 2.22. The Labute approximate surface area is 86.8 Å².